The molecule has 1 aromatic heterocycles. The maximum atomic E-state index is 5.79. The summed E-state index contributed by atoms with van der Waals surface area (Å²) in [7, 11) is 0. The summed E-state index contributed by atoms with van der Waals surface area (Å²) in [4.78, 5) is 6.55. The first-order chi connectivity index (χ1) is 8.22. The average molecular weight is 227 g/mol. The van der Waals surface area contributed by atoms with Crippen LogP contribution in [0.1, 0.15) is 12.5 Å². The number of nitrogens with two attached hydrogens (primary N) is 1. The molecule has 0 spiro atoms. The molecule has 0 unspecified atom stereocenters. The molecule has 0 amide bonds. The minimum atomic E-state index is 0.734. The van der Waals surface area contributed by atoms with E-state index >= 15 is 0 Å². The lowest BCUT2D eigenvalue weighted by Gasteiger charge is -2.22. The van der Waals surface area contributed by atoms with Crippen molar-refractivity contribution in [3.63, 3.8) is 0 Å². The minimum Gasteiger partial charge on any atom is -0.397 e. The maximum Gasteiger partial charge on any atom is 0.133 e. The Morgan fingerprint density at radius 1 is 1.24 bits per heavy atom. The van der Waals surface area contributed by atoms with Gasteiger partial charge < -0.3 is 10.6 Å². The largest absolute Gasteiger partial charge is 0.397 e. The second-order valence-corrected chi connectivity index (χ2v) is 3.98. The molecule has 17 heavy (non-hydrogen) atoms. The van der Waals surface area contributed by atoms with E-state index in [2.05, 4.69) is 28.9 Å². The molecule has 0 aliphatic carbocycles. The van der Waals surface area contributed by atoms with Crippen LogP contribution in [0.5, 0.6) is 0 Å². The summed E-state index contributed by atoms with van der Waals surface area (Å²) in [5.41, 5.74) is 8.73. The molecule has 0 bridgehead atoms. The number of hydrogen-bond acceptors (Lipinski definition) is 3. The molecule has 0 aliphatic rings. The molecule has 0 saturated carbocycles. The van der Waals surface area contributed by atoms with Gasteiger partial charge in [0.1, 0.15) is 5.82 Å². The highest BCUT2D eigenvalue weighted by Crippen LogP contribution is 2.24. The molecule has 0 fully saturated rings. The maximum absolute atomic E-state index is 5.79. The number of nitrogen functional groups attached to an aromatic ring is 1. The Kier molecular flexibility index (Phi) is 3.28. The SMILES string of the molecule is CCN(c1ccccc1)c1cc(C)c(N)cn1. The minimum absolute atomic E-state index is 0.734. The Morgan fingerprint density at radius 3 is 2.53 bits per heavy atom. The molecule has 0 aliphatic heterocycles. The molecule has 2 rings (SSSR count). The summed E-state index contributed by atoms with van der Waals surface area (Å²) in [6, 6.07) is 12.3. The van der Waals surface area contributed by atoms with Crippen molar-refractivity contribution in [2.45, 2.75) is 13.8 Å². The van der Waals surface area contributed by atoms with Crippen LogP contribution in [0.15, 0.2) is 42.6 Å². The Morgan fingerprint density at radius 2 is 1.94 bits per heavy atom. The molecule has 0 radical (unpaired) electrons. The molecule has 3 heteroatoms. The van der Waals surface area contributed by atoms with Gasteiger partial charge in [0.2, 0.25) is 0 Å². The average Bonchev–Trinajstić information content (AvgIpc) is 2.36. The fourth-order valence-corrected chi connectivity index (χ4v) is 1.78. The van der Waals surface area contributed by atoms with E-state index in [9.17, 15) is 0 Å². The number of para-hydroxylation sites is 1. The van der Waals surface area contributed by atoms with Gasteiger partial charge in [0.25, 0.3) is 0 Å². The van der Waals surface area contributed by atoms with Gasteiger partial charge in [-0.3, -0.25) is 0 Å². The van der Waals surface area contributed by atoms with E-state index in [1.807, 2.05) is 31.2 Å². The van der Waals surface area contributed by atoms with Gasteiger partial charge in [-0.2, -0.15) is 0 Å². The standard InChI is InChI=1S/C14H17N3/c1-3-17(12-7-5-4-6-8-12)14-9-11(2)13(15)10-16-14/h4-10H,3,15H2,1-2H3. The molecule has 3 nitrogen and oxygen atoms in total. The van der Waals surface area contributed by atoms with Crippen LogP contribution in [-0.4, -0.2) is 11.5 Å². The first-order valence-electron chi connectivity index (χ1n) is 5.77. The number of rotatable bonds is 3. The normalized spacial score (nSPS) is 10.2. The summed E-state index contributed by atoms with van der Waals surface area (Å²) < 4.78 is 0. The fraction of sp³-hybridized carbons (Fsp3) is 0.214. The second kappa shape index (κ2) is 4.87. The van der Waals surface area contributed by atoms with Crippen molar-refractivity contribution in [3.05, 3.63) is 48.2 Å². The quantitative estimate of drug-likeness (QED) is 0.876. The van der Waals surface area contributed by atoms with Crippen LogP contribution < -0.4 is 10.6 Å². The predicted octanol–water partition coefficient (Wildman–Crippen LogP) is 3.13. The lowest BCUT2D eigenvalue weighted by Crippen LogP contribution is -2.17. The van der Waals surface area contributed by atoms with E-state index in [0.717, 1.165) is 29.3 Å². The first kappa shape index (κ1) is 11.5. The molecule has 0 saturated heterocycles. The monoisotopic (exact) mass is 227 g/mol. The second-order valence-electron chi connectivity index (χ2n) is 3.98. The van der Waals surface area contributed by atoms with Crippen LogP contribution >= 0.6 is 0 Å². The Labute approximate surface area is 102 Å². The lowest BCUT2D eigenvalue weighted by atomic mass is 10.2. The zero-order valence-corrected chi connectivity index (χ0v) is 10.2. The van der Waals surface area contributed by atoms with E-state index in [1.165, 1.54) is 0 Å². The summed E-state index contributed by atoms with van der Waals surface area (Å²) in [6.07, 6.45) is 1.72. The smallest absolute Gasteiger partial charge is 0.133 e. The highest BCUT2D eigenvalue weighted by atomic mass is 15.2. The van der Waals surface area contributed by atoms with Crippen molar-refractivity contribution in [2.75, 3.05) is 17.2 Å². The Balaban J connectivity index is 2.39. The zero-order chi connectivity index (χ0) is 12.3. The van der Waals surface area contributed by atoms with Crippen molar-refractivity contribution < 1.29 is 0 Å². The van der Waals surface area contributed by atoms with Crippen LogP contribution in [0.3, 0.4) is 0 Å². The molecule has 1 heterocycles. The number of anilines is 3. The number of pyridine rings is 1. The summed E-state index contributed by atoms with van der Waals surface area (Å²) in [5, 5.41) is 0. The highest BCUT2D eigenvalue weighted by molar-refractivity contribution is 5.62. The van der Waals surface area contributed by atoms with Crippen molar-refractivity contribution in [3.8, 4) is 0 Å². The van der Waals surface area contributed by atoms with Gasteiger partial charge in [-0.15, -0.1) is 0 Å². The van der Waals surface area contributed by atoms with Gasteiger partial charge in [-0.1, -0.05) is 18.2 Å². The van der Waals surface area contributed by atoms with Crippen LogP contribution in [0.2, 0.25) is 0 Å². The van der Waals surface area contributed by atoms with Gasteiger partial charge in [0.15, 0.2) is 0 Å². The topological polar surface area (TPSA) is 42.1 Å². The van der Waals surface area contributed by atoms with Gasteiger partial charge in [0.05, 0.1) is 11.9 Å². The van der Waals surface area contributed by atoms with Crippen LogP contribution in [0.25, 0.3) is 0 Å². The predicted molar refractivity (Wildman–Crippen MR) is 72.5 cm³/mol. The van der Waals surface area contributed by atoms with Gasteiger partial charge in [0, 0.05) is 12.2 Å². The molecule has 2 N–H and O–H groups in total. The fourth-order valence-electron chi connectivity index (χ4n) is 1.78. The van der Waals surface area contributed by atoms with Crippen molar-refractivity contribution in [2.24, 2.45) is 0 Å². The van der Waals surface area contributed by atoms with Crippen LogP contribution in [0.4, 0.5) is 17.2 Å². The van der Waals surface area contributed by atoms with E-state index in [4.69, 9.17) is 5.73 Å². The van der Waals surface area contributed by atoms with Crippen LogP contribution in [0, 0.1) is 6.92 Å². The molecule has 1 aromatic carbocycles. The van der Waals surface area contributed by atoms with Gasteiger partial charge in [-0.25, -0.2) is 4.98 Å². The zero-order valence-electron chi connectivity index (χ0n) is 10.2. The highest BCUT2D eigenvalue weighted by Gasteiger charge is 2.08. The Hall–Kier alpha value is -2.03. The van der Waals surface area contributed by atoms with E-state index in [0.29, 0.717) is 0 Å². The third-order valence-corrected chi connectivity index (χ3v) is 2.80. The summed E-state index contributed by atoms with van der Waals surface area (Å²) in [6.45, 7) is 4.99. The third-order valence-electron chi connectivity index (χ3n) is 2.80. The van der Waals surface area contributed by atoms with Crippen molar-refractivity contribution >= 4 is 17.2 Å². The number of aryl methyl sites for hydroxylation is 1. The van der Waals surface area contributed by atoms with E-state index in [1.54, 1.807) is 6.20 Å². The molecule has 0 atom stereocenters. The molecule has 2 aromatic rings. The summed E-state index contributed by atoms with van der Waals surface area (Å²) in [5.74, 6) is 0.936. The Bertz CT molecular complexity index is 494. The number of nitrogens with zero attached hydrogens (tertiary/aromatic N) is 2. The number of benzene rings is 1. The van der Waals surface area contributed by atoms with E-state index in [-0.39, 0.29) is 0 Å². The molecular formula is C14H17N3. The molecule has 88 valence electrons. The molecular weight excluding hydrogens is 210 g/mol. The first-order valence-corrected chi connectivity index (χ1v) is 5.77. The van der Waals surface area contributed by atoms with Crippen molar-refractivity contribution in [1.82, 2.24) is 4.98 Å². The summed E-state index contributed by atoms with van der Waals surface area (Å²) >= 11 is 0. The van der Waals surface area contributed by atoms with E-state index < -0.39 is 0 Å². The van der Waals surface area contributed by atoms with Gasteiger partial charge in [-0.05, 0) is 37.6 Å². The van der Waals surface area contributed by atoms with Gasteiger partial charge >= 0.3 is 0 Å². The lowest BCUT2D eigenvalue weighted by molar-refractivity contribution is 0.988. The number of aromatic nitrogens is 1. The third kappa shape index (κ3) is 2.38. The number of hydrogen-bond donors (Lipinski definition) is 1. The van der Waals surface area contributed by atoms with Crippen LogP contribution in [-0.2, 0) is 0 Å². The van der Waals surface area contributed by atoms with Crippen molar-refractivity contribution in [1.29, 1.82) is 0 Å².